The molecule has 0 radical (unpaired) electrons. The zero-order valence-corrected chi connectivity index (χ0v) is 13.7. The fraction of sp³-hybridized carbons (Fsp3) is 0.444. The van der Waals surface area contributed by atoms with Gasteiger partial charge in [0.15, 0.2) is 0 Å². The molecule has 0 amide bonds. The summed E-state index contributed by atoms with van der Waals surface area (Å²) in [5, 5.41) is 1.49. The van der Waals surface area contributed by atoms with Gasteiger partial charge < -0.3 is 5.48 Å². The van der Waals surface area contributed by atoms with Crippen molar-refractivity contribution in [3.05, 3.63) is 47.2 Å². The van der Waals surface area contributed by atoms with Crippen LogP contribution in [0.1, 0.15) is 38.2 Å². The summed E-state index contributed by atoms with van der Waals surface area (Å²) < 4.78 is 0. The fourth-order valence-electron chi connectivity index (χ4n) is 3.47. The Morgan fingerprint density at radius 2 is 2.13 bits per heavy atom. The number of carbonyl (C=O) groups excluding carboxylic acids is 1. The molecule has 3 rings (SSSR count). The smallest absolute Gasteiger partial charge is 0.148 e. The molecule has 0 bridgehead atoms. The van der Waals surface area contributed by atoms with Crippen molar-refractivity contribution in [3.8, 4) is 0 Å². The van der Waals surface area contributed by atoms with Crippen molar-refractivity contribution < 1.29 is 10.3 Å². The van der Waals surface area contributed by atoms with Crippen molar-refractivity contribution in [2.45, 2.75) is 38.6 Å². The van der Waals surface area contributed by atoms with Crippen LogP contribution in [-0.4, -0.2) is 35.4 Å². The van der Waals surface area contributed by atoms with Gasteiger partial charge in [-0.25, -0.2) is 10.6 Å². The van der Waals surface area contributed by atoms with Crippen LogP contribution in [0.4, 0.5) is 5.69 Å². The van der Waals surface area contributed by atoms with Gasteiger partial charge in [0, 0.05) is 19.1 Å². The molecule has 0 aliphatic carbocycles. The van der Waals surface area contributed by atoms with E-state index in [9.17, 15) is 4.79 Å². The van der Waals surface area contributed by atoms with Crippen LogP contribution in [0.25, 0.3) is 0 Å². The summed E-state index contributed by atoms with van der Waals surface area (Å²) in [6, 6.07) is 8.57. The molecule has 5 nitrogen and oxygen atoms in total. The number of nitrogens with zero attached hydrogens (tertiary/aromatic N) is 2. The monoisotopic (exact) mass is 315 g/mol. The summed E-state index contributed by atoms with van der Waals surface area (Å²) >= 11 is 0. The number of fused-ring (bicyclic) bond motifs is 1. The van der Waals surface area contributed by atoms with Gasteiger partial charge in [-0.15, -0.1) is 0 Å². The molecule has 2 aliphatic rings. The molecular formula is C18H25N3O2. The van der Waals surface area contributed by atoms with E-state index in [2.05, 4.69) is 36.8 Å². The van der Waals surface area contributed by atoms with E-state index in [1.807, 2.05) is 18.2 Å². The first-order chi connectivity index (χ1) is 10.7. The van der Waals surface area contributed by atoms with E-state index in [0.717, 1.165) is 37.2 Å². The predicted octanol–water partition coefficient (Wildman–Crippen LogP) is 1.79. The zero-order valence-electron chi connectivity index (χ0n) is 13.7. The lowest BCUT2D eigenvalue weighted by Gasteiger charge is -2.32. The SMILES string of the molecule is CCC(C)N1CC=C(C2C(=C=O)N(N)c3ccccc32)CC1.O. The van der Waals surface area contributed by atoms with Crippen LogP contribution in [0.5, 0.6) is 0 Å². The molecule has 2 aliphatic heterocycles. The number of hydrazine groups is 1. The van der Waals surface area contributed by atoms with Crippen LogP contribution in [0.15, 0.2) is 41.6 Å². The molecule has 2 unspecified atom stereocenters. The lowest BCUT2D eigenvalue weighted by molar-refractivity contribution is 0.218. The summed E-state index contributed by atoms with van der Waals surface area (Å²) in [6.45, 7) is 6.47. The molecule has 0 saturated heterocycles. The van der Waals surface area contributed by atoms with Gasteiger partial charge in [-0.1, -0.05) is 36.8 Å². The Morgan fingerprint density at radius 3 is 2.74 bits per heavy atom. The summed E-state index contributed by atoms with van der Waals surface area (Å²) in [7, 11) is 0. The maximum Gasteiger partial charge on any atom is 0.148 e. The molecule has 0 fully saturated rings. The number of hydrogen-bond donors (Lipinski definition) is 1. The van der Waals surface area contributed by atoms with Crippen molar-refractivity contribution in [1.29, 1.82) is 0 Å². The highest BCUT2D eigenvalue weighted by Gasteiger charge is 2.36. The minimum absolute atomic E-state index is 0. The first-order valence-corrected chi connectivity index (χ1v) is 7.99. The van der Waals surface area contributed by atoms with Gasteiger partial charge in [0.05, 0.1) is 11.6 Å². The topological polar surface area (TPSA) is 81.1 Å². The second-order valence-electron chi connectivity index (χ2n) is 6.13. The number of allylic oxidation sites excluding steroid dienone is 1. The molecule has 0 aromatic heterocycles. The lowest BCUT2D eigenvalue weighted by atomic mass is 9.87. The second kappa shape index (κ2) is 7.11. The highest BCUT2D eigenvalue weighted by atomic mass is 16.1. The third kappa shape index (κ3) is 2.96. The number of rotatable bonds is 3. The average Bonchev–Trinajstić information content (AvgIpc) is 2.87. The van der Waals surface area contributed by atoms with Gasteiger partial charge in [0.25, 0.3) is 0 Å². The second-order valence-corrected chi connectivity index (χ2v) is 6.13. The number of anilines is 1. The number of nitrogens with two attached hydrogens (primary N) is 1. The highest BCUT2D eigenvalue weighted by molar-refractivity contribution is 5.77. The average molecular weight is 315 g/mol. The van der Waals surface area contributed by atoms with Gasteiger partial charge in [-0.2, -0.15) is 0 Å². The summed E-state index contributed by atoms with van der Waals surface area (Å²) in [6.07, 6.45) is 4.40. The van der Waals surface area contributed by atoms with Crippen molar-refractivity contribution in [1.82, 2.24) is 4.90 Å². The van der Waals surface area contributed by atoms with Gasteiger partial charge in [0.2, 0.25) is 0 Å². The van der Waals surface area contributed by atoms with E-state index in [0.29, 0.717) is 11.7 Å². The van der Waals surface area contributed by atoms with Crippen LogP contribution in [0, 0.1) is 0 Å². The van der Waals surface area contributed by atoms with Crippen LogP contribution in [0.2, 0.25) is 0 Å². The fourth-order valence-corrected chi connectivity index (χ4v) is 3.47. The maximum absolute atomic E-state index is 11.4. The van der Waals surface area contributed by atoms with Gasteiger partial charge >= 0.3 is 0 Å². The maximum atomic E-state index is 11.4. The highest BCUT2D eigenvalue weighted by Crippen LogP contribution is 2.45. The number of para-hydroxylation sites is 1. The molecule has 23 heavy (non-hydrogen) atoms. The van der Waals surface area contributed by atoms with E-state index in [-0.39, 0.29) is 11.4 Å². The molecule has 0 spiro atoms. The number of benzene rings is 1. The Balaban J connectivity index is 0.00000192. The van der Waals surface area contributed by atoms with E-state index in [1.165, 1.54) is 10.6 Å². The standard InChI is InChI=1S/C18H23N3O.H2O/c1-3-13(2)20-10-8-14(9-11-20)18-15-6-4-5-7-16(15)21(19)17(18)12-22;/h4-8,13,18H,3,9-11,19H2,1-2H3;1H2. The summed E-state index contributed by atoms with van der Waals surface area (Å²) in [5.74, 6) is 8.13. The van der Waals surface area contributed by atoms with E-state index in [4.69, 9.17) is 5.84 Å². The quantitative estimate of drug-likeness (QED) is 0.524. The van der Waals surface area contributed by atoms with Crippen LogP contribution < -0.4 is 10.9 Å². The Kier molecular flexibility index (Phi) is 5.39. The molecule has 1 aromatic carbocycles. The Hall–Kier alpha value is -1.91. The molecule has 2 heterocycles. The normalized spacial score (nSPS) is 22.0. The molecule has 5 heteroatoms. The first kappa shape index (κ1) is 17.4. The minimum Gasteiger partial charge on any atom is -0.412 e. The summed E-state index contributed by atoms with van der Waals surface area (Å²) in [5.41, 5.74) is 3.85. The third-order valence-electron chi connectivity index (χ3n) is 5.01. The molecule has 124 valence electrons. The lowest BCUT2D eigenvalue weighted by Crippen LogP contribution is -2.37. The molecule has 1 aromatic rings. The Bertz CT molecular complexity index is 649. The first-order valence-electron chi connectivity index (χ1n) is 7.99. The molecular weight excluding hydrogens is 290 g/mol. The van der Waals surface area contributed by atoms with Crippen LogP contribution in [0.3, 0.4) is 0 Å². The molecule has 0 saturated carbocycles. The largest absolute Gasteiger partial charge is 0.412 e. The Morgan fingerprint density at radius 1 is 1.39 bits per heavy atom. The van der Waals surface area contributed by atoms with Gasteiger partial charge in [-0.3, -0.25) is 9.91 Å². The van der Waals surface area contributed by atoms with Gasteiger partial charge in [0.1, 0.15) is 11.6 Å². The predicted molar refractivity (Wildman–Crippen MR) is 92.7 cm³/mol. The van der Waals surface area contributed by atoms with E-state index in [1.54, 1.807) is 0 Å². The van der Waals surface area contributed by atoms with E-state index >= 15 is 0 Å². The van der Waals surface area contributed by atoms with Crippen molar-refractivity contribution in [2.75, 3.05) is 18.1 Å². The van der Waals surface area contributed by atoms with Crippen LogP contribution >= 0.6 is 0 Å². The Labute approximate surface area is 137 Å². The summed E-state index contributed by atoms with van der Waals surface area (Å²) in [4.78, 5) is 13.9. The third-order valence-corrected chi connectivity index (χ3v) is 5.01. The van der Waals surface area contributed by atoms with Crippen molar-refractivity contribution in [3.63, 3.8) is 0 Å². The van der Waals surface area contributed by atoms with E-state index < -0.39 is 0 Å². The van der Waals surface area contributed by atoms with Crippen molar-refractivity contribution >= 4 is 11.6 Å². The number of hydrogen-bond acceptors (Lipinski definition) is 4. The minimum atomic E-state index is -0.0298. The van der Waals surface area contributed by atoms with Gasteiger partial charge in [-0.05, 0) is 31.4 Å². The van der Waals surface area contributed by atoms with Crippen molar-refractivity contribution in [2.24, 2.45) is 5.84 Å². The molecule has 4 N–H and O–H groups in total. The van der Waals surface area contributed by atoms with Crippen LogP contribution in [-0.2, 0) is 4.79 Å². The molecule has 2 atom stereocenters. The zero-order chi connectivity index (χ0) is 15.7.